The van der Waals surface area contributed by atoms with Gasteiger partial charge in [-0.15, -0.1) is 5.10 Å². The molecule has 0 radical (unpaired) electrons. The number of ether oxygens (including phenoxy) is 1. The van der Waals surface area contributed by atoms with E-state index in [4.69, 9.17) is 16.3 Å². The summed E-state index contributed by atoms with van der Waals surface area (Å²) in [5.41, 5.74) is -5.71. The van der Waals surface area contributed by atoms with Gasteiger partial charge in [0.1, 0.15) is 29.4 Å². The highest BCUT2D eigenvalue weighted by molar-refractivity contribution is 6.30. The molecule has 37 heavy (non-hydrogen) atoms. The van der Waals surface area contributed by atoms with E-state index in [-0.39, 0.29) is 16.3 Å². The van der Waals surface area contributed by atoms with Crippen LogP contribution in [-0.4, -0.2) is 36.9 Å². The monoisotopic (exact) mass is 543 g/mol. The van der Waals surface area contributed by atoms with E-state index in [1.807, 2.05) is 0 Å². The summed E-state index contributed by atoms with van der Waals surface area (Å²) in [6, 6.07) is 8.16. The predicted molar refractivity (Wildman–Crippen MR) is 117 cm³/mol. The quantitative estimate of drug-likeness (QED) is 0.304. The van der Waals surface area contributed by atoms with Gasteiger partial charge in [0.15, 0.2) is 12.2 Å². The van der Waals surface area contributed by atoms with Crippen molar-refractivity contribution in [3.05, 3.63) is 101 Å². The van der Waals surface area contributed by atoms with E-state index in [1.54, 1.807) is 0 Å². The lowest BCUT2D eigenvalue weighted by Crippen LogP contribution is -2.48. The maximum atomic E-state index is 15.7. The zero-order chi connectivity index (χ0) is 26.8. The van der Waals surface area contributed by atoms with Crippen molar-refractivity contribution in [1.82, 2.24) is 25.2 Å². The SMILES string of the molecule is OC(Cn1cnnn1)(c1ccc(F)cc1F)C(F)(F)c1ccc(OCC(F)(F)c2ccc(Cl)cc2)cn1. The Morgan fingerprint density at radius 2 is 1.70 bits per heavy atom. The molecule has 1 atom stereocenters. The van der Waals surface area contributed by atoms with Crippen LogP contribution in [0.25, 0.3) is 0 Å². The average Bonchev–Trinajstić information content (AvgIpc) is 3.36. The first-order valence-electron chi connectivity index (χ1n) is 10.4. The molecule has 2 aromatic heterocycles. The van der Waals surface area contributed by atoms with Crippen LogP contribution in [0.15, 0.2) is 67.1 Å². The van der Waals surface area contributed by atoms with Crippen molar-refractivity contribution >= 4 is 11.6 Å². The third-order valence-electron chi connectivity index (χ3n) is 5.42. The van der Waals surface area contributed by atoms with Gasteiger partial charge in [0.25, 0.3) is 0 Å². The Labute approximate surface area is 210 Å². The molecule has 0 saturated carbocycles. The summed E-state index contributed by atoms with van der Waals surface area (Å²) >= 11 is 5.70. The summed E-state index contributed by atoms with van der Waals surface area (Å²) < 4.78 is 93.9. The van der Waals surface area contributed by atoms with Crippen LogP contribution in [0.1, 0.15) is 16.8 Å². The molecule has 0 fully saturated rings. The maximum Gasteiger partial charge on any atom is 0.323 e. The fourth-order valence-corrected chi connectivity index (χ4v) is 3.61. The molecule has 7 nitrogen and oxygen atoms in total. The van der Waals surface area contributed by atoms with E-state index in [0.29, 0.717) is 18.2 Å². The number of hydrogen-bond donors (Lipinski definition) is 1. The molecular formula is C23H16ClF6N5O2. The Balaban J connectivity index is 1.60. The number of benzene rings is 2. The minimum absolute atomic E-state index is 0.266. The lowest BCUT2D eigenvalue weighted by molar-refractivity contribution is -0.207. The van der Waals surface area contributed by atoms with Gasteiger partial charge in [-0.05, 0) is 46.8 Å². The molecule has 4 rings (SSSR count). The van der Waals surface area contributed by atoms with Crippen molar-refractivity contribution in [2.24, 2.45) is 0 Å². The van der Waals surface area contributed by atoms with Crippen LogP contribution in [0.4, 0.5) is 26.3 Å². The number of nitrogens with zero attached hydrogens (tertiary/aromatic N) is 5. The number of aliphatic hydroxyl groups is 1. The fraction of sp³-hybridized carbons (Fsp3) is 0.217. The van der Waals surface area contributed by atoms with Gasteiger partial charge in [-0.3, -0.25) is 4.98 Å². The van der Waals surface area contributed by atoms with Gasteiger partial charge >= 0.3 is 11.8 Å². The lowest BCUT2D eigenvalue weighted by Gasteiger charge is -2.35. The molecule has 2 heterocycles. The van der Waals surface area contributed by atoms with E-state index in [9.17, 15) is 22.7 Å². The van der Waals surface area contributed by atoms with E-state index in [0.717, 1.165) is 41.5 Å². The summed E-state index contributed by atoms with van der Waals surface area (Å²) in [4.78, 5) is 3.55. The van der Waals surface area contributed by atoms with Crippen molar-refractivity contribution in [3.63, 3.8) is 0 Å². The van der Waals surface area contributed by atoms with Gasteiger partial charge in [0.05, 0.1) is 12.7 Å². The van der Waals surface area contributed by atoms with Gasteiger partial charge in [-0.25, -0.2) is 13.5 Å². The molecule has 4 aromatic rings. The third-order valence-corrected chi connectivity index (χ3v) is 5.68. The number of aromatic nitrogens is 5. The average molecular weight is 544 g/mol. The highest BCUT2D eigenvalue weighted by atomic mass is 35.5. The molecule has 14 heteroatoms. The molecular weight excluding hydrogens is 528 g/mol. The summed E-state index contributed by atoms with van der Waals surface area (Å²) in [5.74, 6) is -10.5. The van der Waals surface area contributed by atoms with Crippen LogP contribution in [0.3, 0.4) is 0 Å². The van der Waals surface area contributed by atoms with Gasteiger partial charge in [0.2, 0.25) is 0 Å². The Bertz CT molecular complexity index is 1360. The van der Waals surface area contributed by atoms with Crippen LogP contribution < -0.4 is 4.74 Å². The molecule has 0 bridgehead atoms. The number of halogens is 7. The topological polar surface area (TPSA) is 86.0 Å². The van der Waals surface area contributed by atoms with Crippen LogP contribution in [0.5, 0.6) is 5.75 Å². The van der Waals surface area contributed by atoms with Gasteiger partial charge in [0, 0.05) is 22.2 Å². The van der Waals surface area contributed by atoms with E-state index in [2.05, 4.69) is 20.5 Å². The van der Waals surface area contributed by atoms with E-state index >= 15 is 8.78 Å². The number of tetrazole rings is 1. The normalized spacial score (nSPS) is 13.8. The highest BCUT2D eigenvalue weighted by Crippen LogP contribution is 2.47. The molecule has 0 saturated heterocycles. The van der Waals surface area contributed by atoms with Crippen LogP contribution in [0, 0.1) is 11.6 Å². The molecule has 1 unspecified atom stereocenters. The molecule has 0 spiro atoms. The third kappa shape index (κ3) is 5.37. The second-order valence-electron chi connectivity index (χ2n) is 7.95. The van der Waals surface area contributed by atoms with Gasteiger partial charge < -0.3 is 9.84 Å². The molecule has 194 valence electrons. The first kappa shape index (κ1) is 26.4. The molecule has 1 N–H and O–H groups in total. The Kier molecular flexibility index (Phi) is 7.11. The predicted octanol–water partition coefficient (Wildman–Crippen LogP) is 4.85. The summed E-state index contributed by atoms with van der Waals surface area (Å²) in [7, 11) is 0. The van der Waals surface area contributed by atoms with Crippen LogP contribution in [-0.2, 0) is 24.0 Å². The van der Waals surface area contributed by atoms with Crippen molar-refractivity contribution in [2.75, 3.05) is 6.61 Å². The van der Waals surface area contributed by atoms with Crippen molar-refractivity contribution in [3.8, 4) is 5.75 Å². The van der Waals surface area contributed by atoms with Crippen LogP contribution >= 0.6 is 11.6 Å². The number of hydrogen-bond acceptors (Lipinski definition) is 6. The zero-order valence-electron chi connectivity index (χ0n) is 18.5. The summed E-state index contributed by atoms with van der Waals surface area (Å²) in [6.45, 7) is -2.17. The molecule has 0 aliphatic rings. The molecule has 0 amide bonds. The van der Waals surface area contributed by atoms with Crippen molar-refractivity contribution in [2.45, 2.75) is 24.0 Å². The lowest BCUT2D eigenvalue weighted by atomic mass is 9.84. The Morgan fingerprint density at radius 3 is 2.30 bits per heavy atom. The number of pyridine rings is 1. The smallest absolute Gasteiger partial charge is 0.323 e. The molecule has 0 aliphatic carbocycles. The first-order chi connectivity index (χ1) is 17.4. The standard InChI is InChI=1S/C23H16ClF6N5O2/c24-15-3-1-14(2-4-15)22(27,28)12-37-17-6-8-20(31-10-17)23(29,30)21(36,11-35-13-32-33-34-35)18-7-5-16(25)9-19(18)26/h1-10,13,36H,11-12H2. The minimum Gasteiger partial charge on any atom is -0.485 e. The summed E-state index contributed by atoms with van der Waals surface area (Å²) in [6.07, 6.45) is 1.66. The second kappa shape index (κ2) is 9.98. The summed E-state index contributed by atoms with van der Waals surface area (Å²) in [5, 5.41) is 21.4. The van der Waals surface area contributed by atoms with Crippen molar-refractivity contribution in [1.29, 1.82) is 0 Å². The molecule has 2 aromatic carbocycles. The Hall–Kier alpha value is -3.71. The van der Waals surface area contributed by atoms with Gasteiger partial charge in [-0.2, -0.15) is 17.6 Å². The Morgan fingerprint density at radius 1 is 0.973 bits per heavy atom. The van der Waals surface area contributed by atoms with E-state index in [1.165, 1.54) is 12.1 Å². The van der Waals surface area contributed by atoms with E-state index < -0.39 is 53.5 Å². The second-order valence-corrected chi connectivity index (χ2v) is 8.38. The van der Waals surface area contributed by atoms with Crippen molar-refractivity contribution < 1.29 is 36.2 Å². The zero-order valence-corrected chi connectivity index (χ0v) is 19.3. The molecule has 0 aliphatic heterocycles. The first-order valence-corrected chi connectivity index (χ1v) is 10.8. The largest absolute Gasteiger partial charge is 0.485 e. The number of rotatable bonds is 9. The minimum atomic E-state index is -4.30. The van der Waals surface area contributed by atoms with Crippen LogP contribution in [0.2, 0.25) is 5.02 Å². The fourth-order valence-electron chi connectivity index (χ4n) is 3.48. The highest BCUT2D eigenvalue weighted by Gasteiger charge is 2.58. The number of alkyl halides is 4. The van der Waals surface area contributed by atoms with Gasteiger partial charge in [-0.1, -0.05) is 23.7 Å². The maximum absolute atomic E-state index is 15.7.